The fourth-order valence-electron chi connectivity index (χ4n) is 1.98. The molecule has 0 fully saturated rings. The number of carbonyl (C=O) groups excluding carboxylic acids is 2. The molecular weight excluding hydrogens is 344 g/mol. The largest absolute Gasteiger partial charge is 0.348 e. The summed E-state index contributed by atoms with van der Waals surface area (Å²) in [5, 5.41) is 5.46. The molecule has 0 aliphatic rings. The number of nitrogens with one attached hydrogen (secondary N) is 2. The maximum absolute atomic E-state index is 11.9. The minimum Gasteiger partial charge on any atom is -0.348 e. The van der Waals surface area contributed by atoms with Gasteiger partial charge >= 0.3 is 0 Å². The first-order chi connectivity index (χ1) is 10.6. The molecule has 4 nitrogen and oxygen atoms in total. The van der Waals surface area contributed by atoms with E-state index in [1.807, 2.05) is 37.3 Å². The molecule has 0 bridgehead atoms. The van der Waals surface area contributed by atoms with Crippen molar-refractivity contribution in [1.29, 1.82) is 0 Å². The second kappa shape index (κ2) is 7.75. The van der Waals surface area contributed by atoms with Gasteiger partial charge in [0.1, 0.15) is 0 Å². The van der Waals surface area contributed by atoms with E-state index in [0.29, 0.717) is 5.56 Å². The molecule has 0 radical (unpaired) electrons. The predicted octanol–water partition coefficient (Wildman–Crippen LogP) is 3.06. The van der Waals surface area contributed by atoms with E-state index >= 15 is 0 Å². The number of carbonyl (C=O) groups is 2. The molecule has 1 atom stereocenters. The highest BCUT2D eigenvalue weighted by Gasteiger charge is 2.11. The first kappa shape index (κ1) is 16.2. The fourth-order valence-corrected chi connectivity index (χ4v) is 2.24. The standard InChI is InChI=1S/C17H17BrN2O2/c1-12(13-7-9-15(18)10-8-13)20-16(21)11-19-17(22)14-5-3-2-4-6-14/h2-10,12H,11H2,1H3,(H,19,22)(H,20,21)/t12-/m0/s1. The first-order valence-corrected chi connectivity index (χ1v) is 7.73. The molecule has 0 aliphatic carbocycles. The molecule has 0 spiro atoms. The van der Waals surface area contributed by atoms with Crippen LogP contribution in [0, 0.1) is 0 Å². The van der Waals surface area contributed by atoms with Crippen molar-refractivity contribution < 1.29 is 9.59 Å². The molecule has 2 aromatic rings. The van der Waals surface area contributed by atoms with Crippen molar-refractivity contribution in [1.82, 2.24) is 10.6 Å². The molecule has 2 N–H and O–H groups in total. The second-order valence-electron chi connectivity index (χ2n) is 4.89. The Morgan fingerprint density at radius 2 is 1.68 bits per heavy atom. The Hall–Kier alpha value is -2.14. The van der Waals surface area contributed by atoms with Crippen LogP contribution in [0.5, 0.6) is 0 Å². The summed E-state index contributed by atoms with van der Waals surface area (Å²) in [7, 11) is 0. The molecule has 2 rings (SSSR count). The second-order valence-corrected chi connectivity index (χ2v) is 5.81. The van der Waals surface area contributed by atoms with Crippen molar-refractivity contribution in [3.05, 3.63) is 70.2 Å². The Labute approximate surface area is 138 Å². The Morgan fingerprint density at radius 3 is 2.32 bits per heavy atom. The number of halogens is 1. The molecule has 2 amide bonds. The molecule has 114 valence electrons. The summed E-state index contributed by atoms with van der Waals surface area (Å²) in [4.78, 5) is 23.7. The molecule has 0 unspecified atom stereocenters. The zero-order chi connectivity index (χ0) is 15.9. The third kappa shape index (κ3) is 4.70. The zero-order valence-electron chi connectivity index (χ0n) is 12.2. The smallest absolute Gasteiger partial charge is 0.251 e. The summed E-state index contributed by atoms with van der Waals surface area (Å²) in [6.45, 7) is 1.86. The van der Waals surface area contributed by atoms with Crippen LogP contribution in [0.1, 0.15) is 28.9 Å². The molecule has 5 heteroatoms. The van der Waals surface area contributed by atoms with E-state index in [0.717, 1.165) is 10.0 Å². The maximum Gasteiger partial charge on any atom is 0.251 e. The van der Waals surface area contributed by atoms with Gasteiger partial charge in [-0.15, -0.1) is 0 Å². The van der Waals surface area contributed by atoms with Crippen molar-refractivity contribution in [2.24, 2.45) is 0 Å². The minimum absolute atomic E-state index is 0.0470. The highest BCUT2D eigenvalue weighted by atomic mass is 79.9. The SMILES string of the molecule is C[C@H](NC(=O)CNC(=O)c1ccccc1)c1ccc(Br)cc1. The summed E-state index contributed by atoms with van der Waals surface area (Å²) in [5.74, 6) is -0.480. The molecule has 0 aromatic heterocycles. The van der Waals surface area contributed by atoms with Gasteiger partial charge in [0.2, 0.25) is 5.91 Å². The van der Waals surface area contributed by atoms with E-state index in [4.69, 9.17) is 0 Å². The summed E-state index contributed by atoms with van der Waals surface area (Å²) in [6, 6.07) is 16.4. The predicted molar refractivity (Wildman–Crippen MR) is 89.5 cm³/mol. The summed E-state index contributed by atoms with van der Waals surface area (Å²) in [5.41, 5.74) is 1.54. The van der Waals surface area contributed by atoms with Gasteiger partial charge in [-0.2, -0.15) is 0 Å². The topological polar surface area (TPSA) is 58.2 Å². The van der Waals surface area contributed by atoms with Crippen LogP contribution in [0.4, 0.5) is 0 Å². The Kier molecular flexibility index (Phi) is 5.72. The summed E-state index contributed by atoms with van der Waals surface area (Å²) >= 11 is 3.37. The lowest BCUT2D eigenvalue weighted by Crippen LogP contribution is -2.38. The van der Waals surface area contributed by atoms with Gasteiger partial charge in [-0.25, -0.2) is 0 Å². The molecule has 22 heavy (non-hydrogen) atoms. The molecule has 0 heterocycles. The number of amides is 2. The molecule has 0 saturated carbocycles. The summed E-state index contributed by atoms with van der Waals surface area (Å²) in [6.07, 6.45) is 0. The molecule has 0 aliphatic heterocycles. The lowest BCUT2D eigenvalue weighted by molar-refractivity contribution is -0.120. The van der Waals surface area contributed by atoms with Crippen LogP contribution in [0.15, 0.2) is 59.1 Å². The number of benzene rings is 2. The van der Waals surface area contributed by atoms with E-state index in [1.54, 1.807) is 24.3 Å². The summed E-state index contributed by atoms with van der Waals surface area (Å²) < 4.78 is 0.991. The van der Waals surface area contributed by atoms with Crippen molar-refractivity contribution in [3.63, 3.8) is 0 Å². The third-order valence-corrected chi connectivity index (χ3v) is 3.72. The molecule has 2 aromatic carbocycles. The lowest BCUT2D eigenvalue weighted by atomic mass is 10.1. The highest BCUT2D eigenvalue weighted by molar-refractivity contribution is 9.10. The van der Waals surface area contributed by atoms with E-state index in [1.165, 1.54) is 0 Å². The Bertz CT molecular complexity index is 641. The quantitative estimate of drug-likeness (QED) is 0.860. The van der Waals surface area contributed by atoms with Crippen LogP contribution in [0.2, 0.25) is 0 Å². The van der Waals surface area contributed by atoms with Gasteiger partial charge in [0.05, 0.1) is 12.6 Å². The maximum atomic E-state index is 11.9. The minimum atomic E-state index is -0.257. The van der Waals surface area contributed by atoms with Crippen LogP contribution >= 0.6 is 15.9 Å². The van der Waals surface area contributed by atoms with Gasteiger partial charge in [-0.05, 0) is 36.8 Å². The van der Waals surface area contributed by atoms with Crippen LogP contribution < -0.4 is 10.6 Å². The highest BCUT2D eigenvalue weighted by Crippen LogP contribution is 2.16. The van der Waals surface area contributed by atoms with Gasteiger partial charge in [0.15, 0.2) is 0 Å². The van der Waals surface area contributed by atoms with Crippen LogP contribution in [-0.4, -0.2) is 18.4 Å². The van der Waals surface area contributed by atoms with Crippen LogP contribution in [0.25, 0.3) is 0 Å². The van der Waals surface area contributed by atoms with Gasteiger partial charge in [0.25, 0.3) is 5.91 Å². The monoisotopic (exact) mass is 360 g/mol. The van der Waals surface area contributed by atoms with E-state index < -0.39 is 0 Å². The first-order valence-electron chi connectivity index (χ1n) is 6.94. The van der Waals surface area contributed by atoms with Gasteiger partial charge in [-0.1, -0.05) is 46.3 Å². The number of rotatable bonds is 5. The van der Waals surface area contributed by atoms with Gasteiger partial charge < -0.3 is 10.6 Å². The van der Waals surface area contributed by atoms with E-state index in [9.17, 15) is 9.59 Å². The number of hydrogen-bond acceptors (Lipinski definition) is 2. The van der Waals surface area contributed by atoms with Crippen molar-refractivity contribution in [3.8, 4) is 0 Å². The van der Waals surface area contributed by atoms with Crippen molar-refractivity contribution in [2.75, 3.05) is 6.54 Å². The third-order valence-electron chi connectivity index (χ3n) is 3.19. The fraction of sp³-hybridized carbons (Fsp3) is 0.176. The van der Waals surface area contributed by atoms with Crippen LogP contribution in [-0.2, 0) is 4.79 Å². The van der Waals surface area contributed by atoms with E-state index in [-0.39, 0.29) is 24.4 Å². The number of hydrogen-bond donors (Lipinski definition) is 2. The van der Waals surface area contributed by atoms with Gasteiger partial charge in [0, 0.05) is 10.0 Å². The average Bonchev–Trinajstić information content (AvgIpc) is 2.54. The van der Waals surface area contributed by atoms with Gasteiger partial charge in [-0.3, -0.25) is 9.59 Å². The normalized spacial score (nSPS) is 11.5. The Balaban J connectivity index is 1.83. The van der Waals surface area contributed by atoms with Crippen molar-refractivity contribution in [2.45, 2.75) is 13.0 Å². The van der Waals surface area contributed by atoms with Crippen molar-refractivity contribution >= 4 is 27.7 Å². The Morgan fingerprint density at radius 1 is 1.05 bits per heavy atom. The lowest BCUT2D eigenvalue weighted by Gasteiger charge is -2.14. The molecular formula is C17H17BrN2O2. The zero-order valence-corrected chi connectivity index (χ0v) is 13.8. The average molecular weight is 361 g/mol. The molecule has 0 saturated heterocycles. The van der Waals surface area contributed by atoms with E-state index in [2.05, 4.69) is 26.6 Å². The van der Waals surface area contributed by atoms with Crippen LogP contribution in [0.3, 0.4) is 0 Å².